The molecule has 118 valence electrons. The number of nitrogens with two attached hydrogens (primary N) is 1. The SMILES string of the molecule is COc1cc(C(N)C2CC(C)CC(C)C2)cc(Cl)c1OC. The van der Waals surface area contributed by atoms with Gasteiger partial charge in [-0.25, -0.2) is 0 Å². The zero-order chi connectivity index (χ0) is 15.6. The number of methoxy groups -OCH3 is 2. The summed E-state index contributed by atoms with van der Waals surface area (Å²) in [7, 11) is 3.21. The van der Waals surface area contributed by atoms with E-state index in [1.807, 2.05) is 12.1 Å². The standard InChI is InChI=1S/C17H26ClNO2/c1-10-5-11(2)7-12(6-10)16(19)13-8-14(18)17(21-4)15(9-13)20-3/h8-12,16H,5-7,19H2,1-4H3. The molecule has 1 fully saturated rings. The van der Waals surface area contributed by atoms with E-state index in [4.69, 9.17) is 26.8 Å². The molecule has 1 saturated carbocycles. The summed E-state index contributed by atoms with van der Waals surface area (Å²) in [6.45, 7) is 4.63. The summed E-state index contributed by atoms with van der Waals surface area (Å²) in [5.74, 6) is 3.19. The molecule has 1 aliphatic rings. The summed E-state index contributed by atoms with van der Waals surface area (Å²) in [6, 6.07) is 3.86. The van der Waals surface area contributed by atoms with Crippen molar-refractivity contribution in [3.8, 4) is 11.5 Å². The number of benzene rings is 1. The van der Waals surface area contributed by atoms with Crippen molar-refractivity contribution >= 4 is 11.6 Å². The molecule has 2 N–H and O–H groups in total. The first-order valence-corrected chi connectivity index (χ1v) is 8.01. The first-order valence-electron chi connectivity index (χ1n) is 7.63. The van der Waals surface area contributed by atoms with E-state index in [2.05, 4.69) is 13.8 Å². The van der Waals surface area contributed by atoms with Crippen LogP contribution in [0.25, 0.3) is 0 Å². The van der Waals surface area contributed by atoms with Crippen LogP contribution in [0.1, 0.15) is 44.7 Å². The minimum absolute atomic E-state index is 0.00694. The van der Waals surface area contributed by atoms with Crippen LogP contribution in [-0.2, 0) is 0 Å². The molecule has 0 aliphatic heterocycles. The zero-order valence-corrected chi connectivity index (χ0v) is 14.1. The average molecular weight is 312 g/mol. The number of ether oxygens (including phenoxy) is 2. The van der Waals surface area contributed by atoms with Crippen molar-refractivity contribution in [3.05, 3.63) is 22.7 Å². The molecule has 0 amide bonds. The van der Waals surface area contributed by atoms with Gasteiger partial charge in [0.1, 0.15) is 0 Å². The lowest BCUT2D eigenvalue weighted by molar-refractivity contribution is 0.193. The topological polar surface area (TPSA) is 44.5 Å². The van der Waals surface area contributed by atoms with E-state index in [1.165, 1.54) is 19.3 Å². The predicted octanol–water partition coefficient (Wildman–Crippen LogP) is 4.43. The molecular formula is C17H26ClNO2. The van der Waals surface area contributed by atoms with Gasteiger partial charge in [-0.15, -0.1) is 0 Å². The van der Waals surface area contributed by atoms with E-state index in [-0.39, 0.29) is 6.04 Å². The molecule has 0 spiro atoms. The number of halogens is 1. The molecule has 0 bridgehead atoms. The fourth-order valence-electron chi connectivity index (χ4n) is 3.70. The predicted molar refractivity (Wildman–Crippen MR) is 87.2 cm³/mol. The van der Waals surface area contributed by atoms with E-state index < -0.39 is 0 Å². The van der Waals surface area contributed by atoms with Gasteiger partial charge in [-0.05, 0) is 54.7 Å². The minimum atomic E-state index is -0.00694. The Morgan fingerprint density at radius 2 is 1.71 bits per heavy atom. The Hall–Kier alpha value is -0.930. The van der Waals surface area contributed by atoms with Crippen LogP contribution in [0, 0.1) is 17.8 Å². The Balaban J connectivity index is 2.26. The Labute approximate surface area is 132 Å². The molecule has 1 aliphatic carbocycles. The Bertz CT molecular complexity index is 482. The van der Waals surface area contributed by atoms with Crippen molar-refractivity contribution in [1.82, 2.24) is 0 Å². The lowest BCUT2D eigenvalue weighted by Crippen LogP contribution is -2.29. The monoisotopic (exact) mass is 311 g/mol. The third-order valence-corrected chi connectivity index (χ3v) is 4.84. The van der Waals surface area contributed by atoms with Crippen molar-refractivity contribution in [3.63, 3.8) is 0 Å². The molecule has 0 radical (unpaired) electrons. The van der Waals surface area contributed by atoms with E-state index in [0.717, 1.165) is 17.4 Å². The molecule has 0 heterocycles. The fourth-order valence-corrected chi connectivity index (χ4v) is 4.00. The first-order chi connectivity index (χ1) is 9.96. The highest BCUT2D eigenvalue weighted by Gasteiger charge is 2.29. The molecule has 0 aromatic heterocycles. The Morgan fingerprint density at radius 1 is 1.10 bits per heavy atom. The second-order valence-electron chi connectivity index (χ2n) is 6.44. The van der Waals surface area contributed by atoms with Crippen LogP contribution in [0.15, 0.2) is 12.1 Å². The highest BCUT2D eigenvalue weighted by Crippen LogP contribution is 2.42. The third-order valence-electron chi connectivity index (χ3n) is 4.56. The van der Waals surface area contributed by atoms with Gasteiger partial charge in [-0.1, -0.05) is 25.4 Å². The molecule has 3 unspecified atom stereocenters. The molecule has 4 heteroatoms. The van der Waals surface area contributed by atoms with Gasteiger partial charge in [0.25, 0.3) is 0 Å². The molecule has 0 saturated heterocycles. The van der Waals surface area contributed by atoms with E-state index >= 15 is 0 Å². The number of hydrogen-bond acceptors (Lipinski definition) is 3. The van der Waals surface area contributed by atoms with Gasteiger partial charge in [0, 0.05) is 6.04 Å². The van der Waals surface area contributed by atoms with E-state index in [9.17, 15) is 0 Å². The van der Waals surface area contributed by atoms with Gasteiger partial charge in [0.15, 0.2) is 11.5 Å². The summed E-state index contributed by atoms with van der Waals surface area (Å²) in [5, 5.41) is 0.555. The maximum atomic E-state index is 6.52. The lowest BCUT2D eigenvalue weighted by atomic mass is 9.72. The summed E-state index contributed by atoms with van der Waals surface area (Å²) in [4.78, 5) is 0. The maximum absolute atomic E-state index is 6.52. The summed E-state index contributed by atoms with van der Waals surface area (Å²) >= 11 is 6.29. The van der Waals surface area contributed by atoms with Crippen LogP contribution in [0.5, 0.6) is 11.5 Å². The van der Waals surface area contributed by atoms with Crippen LogP contribution in [-0.4, -0.2) is 14.2 Å². The number of rotatable bonds is 4. The summed E-state index contributed by atoms with van der Waals surface area (Å²) in [5.41, 5.74) is 7.55. The van der Waals surface area contributed by atoms with Gasteiger partial charge >= 0.3 is 0 Å². The van der Waals surface area contributed by atoms with Crippen LogP contribution >= 0.6 is 11.6 Å². The van der Waals surface area contributed by atoms with Crippen LogP contribution in [0.2, 0.25) is 5.02 Å². The second kappa shape index (κ2) is 6.89. The van der Waals surface area contributed by atoms with Gasteiger partial charge in [-0.2, -0.15) is 0 Å². The minimum Gasteiger partial charge on any atom is -0.493 e. The number of hydrogen-bond donors (Lipinski definition) is 1. The van der Waals surface area contributed by atoms with Crippen molar-refractivity contribution in [2.24, 2.45) is 23.5 Å². The molecule has 21 heavy (non-hydrogen) atoms. The lowest BCUT2D eigenvalue weighted by Gasteiger charge is -2.35. The highest BCUT2D eigenvalue weighted by atomic mass is 35.5. The van der Waals surface area contributed by atoms with Crippen LogP contribution < -0.4 is 15.2 Å². The van der Waals surface area contributed by atoms with Gasteiger partial charge in [-0.3, -0.25) is 0 Å². The van der Waals surface area contributed by atoms with Crippen molar-refractivity contribution < 1.29 is 9.47 Å². The van der Waals surface area contributed by atoms with Crippen LogP contribution in [0.4, 0.5) is 0 Å². The van der Waals surface area contributed by atoms with Crippen molar-refractivity contribution in [2.45, 2.75) is 39.2 Å². The third kappa shape index (κ3) is 3.64. The summed E-state index contributed by atoms with van der Waals surface area (Å²) < 4.78 is 10.7. The maximum Gasteiger partial charge on any atom is 0.179 e. The van der Waals surface area contributed by atoms with E-state index in [1.54, 1.807) is 14.2 Å². The molecule has 1 aromatic rings. The Kier molecular flexibility index (Phi) is 5.39. The fraction of sp³-hybridized carbons (Fsp3) is 0.647. The largest absolute Gasteiger partial charge is 0.493 e. The van der Waals surface area contributed by atoms with Crippen molar-refractivity contribution in [1.29, 1.82) is 0 Å². The normalized spacial score (nSPS) is 27.2. The van der Waals surface area contributed by atoms with Crippen molar-refractivity contribution in [2.75, 3.05) is 14.2 Å². The summed E-state index contributed by atoms with van der Waals surface area (Å²) in [6.07, 6.45) is 3.66. The van der Waals surface area contributed by atoms with Crippen LogP contribution in [0.3, 0.4) is 0 Å². The first kappa shape index (κ1) is 16.4. The molecular weight excluding hydrogens is 286 g/mol. The van der Waals surface area contributed by atoms with Gasteiger partial charge in [0.05, 0.1) is 19.2 Å². The zero-order valence-electron chi connectivity index (χ0n) is 13.4. The van der Waals surface area contributed by atoms with E-state index in [0.29, 0.717) is 22.4 Å². The quantitative estimate of drug-likeness (QED) is 0.894. The Morgan fingerprint density at radius 3 is 2.24 bits per heavy atom. The second-order valence-corrected chi connectivity index (χ2v) is 6.85. The highest BCUT2D eigenvalue weighted by molar-refractivity contribution is 6.32. The molecule has 1 aromatic carbocycles. The van der Waals surface area contributed by atoms with Gasteiger partial charge < -0.3 is 15.2 Å². The molecule has 3 nitrogen and oxygen atoms in total. The van der Waals surface area contributed by atoms with Gasteiger partial charge in [0.2, 0.25) is 0 Å². The molecule has 2 rings (SSSR count). The molecule has 3 atom stereocenters. The average Bonchev–Trinajstić information content (AvgIpc) is 2.44. The smallest absolute Gasteiger partial charge is 0.179 e.